The number of benzene rings is 5. The van der Waals surface area contributed by atoms with Crippen molar-refractivity contribution in [1.82, 2.24) is 15.1 Å². The first kappa shape index (κ1) is 108. The number of rotatable bonds is 25. The molecule has 4 fully saturated rings. The van der Waals surface area contributed by atoms with Crippen molar-refractivity contribution >= 4 is 130 Å². The fourth-order valence-electron chi connectivity index (χ4n) is 15.0. The summed E-state index contributed by atoms with van der Waals surface area (Å²) < 4.78 is 32.9. The number of esters is 6. The number of fused-ring (bicyclic) bond motifs is 2. The van der Waals surface area contributed by atoms with Crippen LogP contribution in [0.4, 0.5) is 17.1 Å². The van der Waals surface area contributed by atoms with Gasteiger partial charge < -0.3 is 81.2 Å². The summed E-state index contributed by atoms with van der Waals surface area (Å²) in [6, 6.07) is 29.6. The molecule has 0 saturated carbocycles. The molecule has 5 aromatic rings. The van der Waals surface area contributed by atoms with Crippen molar-refractivity contribution < 1.29 is 81.2 Å². The van der Waals surface area contributed by atoms with E-state index >= 15 is 0 Å². The Hall–Kier alpha value is -8.97. The molecule has 11 rings (SSSR count). The molecule has 6 aliphatic rings. The zero-order chi connectivity index (χ0) is 90.5. The lowest BCUT2D eigenvalue weighted by Gasteiger charge is -2.44. The van der Waals surface area contributed by atoms with Crippen LogP contribution < -0.4 is 43.0 Å². The third kappa shape index (κ3) is 34.3. The number of anilines is 3. The van der Waals surface area contributed by atoms with Gasteiger partial charge in [0.1, 0.15) is 40.1 Å². The van der Waals surface area contributed by atoms with E-state index in [9.17, 15) is 52.7 Å². The van der Waals surface area contributed by atoms with Gasteiger partial charge in [-0.1, -0.05) is 88.3 Å². The topological polar surface area (TPSA) is 375 Å². The molecule has 0 spiro atoms. The maximum Gasteiger partial charge on any atom is 0.338 e. The molecule has 0 radical (unpaired) electrons. The molecule has 3 atom stereocenters. The minimum atomic E-state index is -0.881. The van der Waals surface area contributed by atoms with Crippen LogP contribution in [0.5, 0.6) is 0 Å². The van der Waals surface area contributed by atoms with E-state index < -0.39 is 75.8 Å². The monoisotopic (exact) mass is 1930 g/mol. The molecule has 125 heavy (non-hydrogen) atoms. The van der Waals surface area contributed by atoms with E-state index in [1.165, 1.54) is 61.4 Å². The molecule has 27 nitrogen and oxygen atoms in total. The van der Waals surface area contributed by atoms with Crippen LogP contribution in [0.25, 0.3) is 0 Å². The van der Waals surface area contributed by atoms with Gasteiger partial charge in [-0.25, -0.2) is 14.4 Å². The van der Waals surface area contributed by atoms with Crippen LogP contribution in [0.2, 0.25) is 0 Å². The molecule has 30 heteroatoms. The maximum absolute atomic E-state index is 13.4. The van der Waals surface area contributed by atoms with E-state index in [1.807, 2.05) is 108 Å². The van der Waals surface area contributed by atoms with Crippen LogP contribution in [0.1, 0.15) is 272 Å². The van der Waals surface area contributed by atoms with Gasteiger partial charge in [0.15, 0.2) is 0 Å². The first-order valence-corrected chi connectivity index (χ1v) is 44.6. The predicted octanol–water partition coefficient (Wildman–Crippen LogP) is 16.1. The predicted molar refractivity (Wildman–Crippen MR) is 501 cm³/mol. The molecule has 9 N–H and O–H groups in total. The maximum atomic E-state index is 13.4. The lowest BCUT2D eigenvalue weighted by atomic mass is 9.83. The number of ether oxygens (including phenoxy) is 6. The van der Waals surface area contributed by atoms with Gasteiger partial charge in [0, 0.05) is 120 Å². The number of methoxy groups -OCH3 is 1. The molecule has 0 unspecified atom stereocenters. The van der Waals surface area contributed by atoms with Crippen LogP contribution in [-0.4, -0.2) is 181 Å². The quantitative estimate of drug-likeness (QED) is 0.0206. The van der Waals surface area contributed by atoms with Crippen molar-refractivity contribution in [1.29, 1.82) is 0 Å². The fourth-order valence-corrected chi connectivity index (χ4v) is 17.0. The van der Waals surface area contributed by atoms with Crippen LogP contribution in [-0.2, 0) is 75.6 Å². The number of nitrogens with zero attached hydrogens (tertiary/aromatic N) is 5. The molecule has 0 aromatic heterocycles. The van der Waals surface area contributed by atoms with Gasteiger partial charge in [0.05, 0.1) is 29.8 Å². The number of carbonyl (C=O) groups excluding carboxylic acids is 11. The van der Waals surface area contributed by atoms with Gasteiger partial charge in [-0.05, 0) is 294 Å². The Balaban J connectivity index is 0.000000356. The van der Waals surface area contributed by atoms with Crippen LogP contribution in [0, 0.1) is 23.7 Å². The lowest BCUT2D eigenvalue weighted by molar-refractivity contribution is -0.156. The second-order valence-electron chi connectivity index (χ2n) is 36.8. The summed E-state index contributed by atoms with van der Waals surface area (Å²) in [6.45, 7) is 36.4. The standard InChI is InChI=1S/C37H50N4O6.C20H30N2O2.C17H21BrN2O4.C9H8Br2O2.C9H18N2O3.3CH4/c1-36(2,3)46-32(42)15-14-31(33(38)43)41-23-29-28(34(41)44)8-7-9-30(29)40-21-25(22-40)20-24-16-18-39(19-17-24)27-12-10-26(11-13-27)35(45)47-37(4,5)6;1-20(2,3)24-19(23)17-4-6-18(7-5-17)22-10-8-15(9-11-22)12-16-13-21-14-16;1-17(2,3)24-14(21)8-7-13(15(19)22)20-9-11-10(16(20)23)5-4-6-12(11)18;1-13-9(12)6-3-2-4-8(11)7(6)5-10;1-9(2,3)14-7(12)5-4-6(10)8(11)13;;;/h7-13,24-25,31H,14-23H2,1-6H3,(H2,38,43);4-7,15-16,21H,8-14H2,1-3H3;4-6,13H,7-9H2,1-3H3,(H2,19,22);2-4H,5H2,1H3;6H,4-5,10H2,1-3H3,(H2,11,13);3*1H4/t31-;;13-;;6-;;;/m0.0.0.../s1. The first-order chi connectivity index (χ1) is 57.0. The van der Waals surface area contributed by atoms with E-state index in [0.717, 1.165) is 101 Å². The van der Waals surface area contributed by atoms with Gasteiger partial charge in [0.2, 0.25) is 17.7 Å². The fraction of sp³-hybridized carbons (Fsp3) is 0.568. The number of hydrogen-bond acceptors (Lipinski definition) is 22. The Labute approximate surface area is 766 Å². The third-order valence-corrected chi connectivity index (χ3v) is 23.0. The second kappa shape index (κ2) is 48.3. The Kier molecular flexibility index (Phi) is 41.8. The highest BCUT2D eigenvalue weighted by Crippen LogP contribution is 2.40. The average molecular weight is 1930 g/mol. The molecule has 5 amide bonds. The van der Waals surface area contributed by atoms with Gasteiger partial charge in [-0.2, -0.15) is 0 Å². The molecule has 5 aromatic carbocycles. The van der Waals surface area contributed by atoms with Crippen LogP contribution in [0.15, 0.2) is 112 Å². The summed E-state index contributed by atoms with van der Waals surface area (Å²) in [7, 11) is 1.38. The zero-order valence-corrected chi connectivity index (χ0v) is 78.5. The second-order valence-corrected chi connectivity index (χ2v) is 39.0. The van der Waals surface area contributed by atoms with Crippen molar-refractivity contribution in [2.75, 3.05) is 74.2 Å². The highest BCUT2D eigenvalue weighted by Gasteiger charge is 2.42. The van der Waals surface area contributed by atoms with E-state index in [1.54, 1.807) is 80.5 Å². The largest absolute Gasteiger partial charge is 0.465 e. The highest BCUT2D eigenvalue weighted by atomic mass is 79.9. The van der Waals surface area contributed by atoms with Gasteiger partial charge in [-0.3, -0.25) is 38.4 Å². The smallest absolute Gasteiger partial charge is 0.338 e. The highest BCUT2D eigenvalue weighted by molar-refractivity contribution is 9.11. The van der Waals surface area contributed by atoms with Crippen molar-refractivity contribution in [3.05, 3.63) is 157 Å². The van der Waals surface area contributed by atoms with Gasteiger partial charge in [0.25, 0.3) is 11.8 Å². The van der Waals surface area contributed by atoms with Crippen molar-refractivity contribution in [2.45, 2.75) is 268 Å². The van der Waals surface area contributed by atoms with Crippen molar-refractivity contribution in [2.24, 2.45) is 46.6 Å². The summed E-state index contributed by atoms with van der Waals surface area (Å²) in [5, 5.41) is 3.99. The third-order valence-electron chi connectivity index (χ3n) is 21.0. The van der Waals surface area contributed by atoms with Crippen LogP contribution in [0.3, 0.4) is 0 Å². The molecule has 6 heterocycles. The Morgan fingerprint density at radius 3 is 1.18 bits per heavy atom. The average Bonchev–Trinajstić information content (AvgIpc) is 1.62. The van der Waals surface area contributed by atoms with Gasteiger partial charge >= 0.3 is 35.8 Å². The van der Waals surface area contributed by atoms with E-state index in [4.69, 9.17) is 46.6 Å². The van der Waals surface area contributed by atoms with E-state index in [2.05, 4.69) is 90.7 Å². The number of halogens is 3. The Morgan fingerprint density at radius 1 is 0.448 bits per heavy atom. The number of nitrogens with two attached hydrogens (primary N) is 4. The molecule has 0 aliphatic carbocycles. The Morgan fingerprint density at radius 2 is 0.816 bits per heavy atom. The molecule has 0 bridgehead atoms. The number of primary amides is 3. The van der Waals surface area contributed by atoms with Crippen LogP contribution >= 0.6 is 47.8 Å². The summed E-state index contributed by atoms with van der Waals surface area (Å²) in [6.07, 6.45) is 8.02. The van der Waals surface area contributed by atoms with Crippen molar-refractivity contribution in [3.63, 3.8) is 0 Å². The summed E-state index contributed by atoms with van der Waals surface area (Å²) in [4.78, 5) is 142. The molecule has 4 saturated heterocycles. The zero-order valence-electron chi connectivity index (χ0n) is 73.7. The van der Waals surface area contributed by atoms with E-state index in [-0.39, 0.29) is 103 Å². The molecule has 6 aliphatic heterocycles. The minimum absolute atomic E-state index is 0. The lowest BCUT2D eigenvalue weighted by Crippen LogP contribution is -2.48. The summed E-state index contributed by atoms with van der Waals surface area (Å²) in [5.74, 6) is -1.33. The molecular formula is C95H139Br3N10O17. The Bertz CT molecular complexity index is 4450. The number of carbonyl (C=O) groups is 11. The molecular weight excluding hydrogens is 1790 g/mol. The van der Waals surface area contributed by atoms with Gasteiger partial charge in [-0.15, -0.1) is 0 Å². The number of hydrogen-bond donors (Lipinski definition) is 5. The number of alkyl halides is 1. The SMILES string of the molecule is C.C.C.CC(C)(C)OC(=O)CC[C@@H](C(N)=O)N1Cc2c(Br)cccc2C1=O.CC(C)(C)OC(=O)CC[C@@H](C(N)=O)N1Cc2c(cccc2N2CC(CC3CCN(c4ccc(C(=O)OC(C)(C)C)cc4)CC3)C2)C1=O.CC(C)(C)OC(=O)CC[C@H](N)C(N)=O.CC(C)(C)OC(=O)c1ccc(N2CCC(CC3CNC3)CC2)cc1.COC(=O)c1cccc(Br)c1CBr. The van der Waals surface area contributed by atoms with E-state index in [0.29, 0.717) is 51.5 Å². The van der Waals surface area contributed by atoms with Crippen molar-refractivity contribution in [3.8, 4) is 0 Å². The first-order valence-electron chi connectivity index (χ1n) is 41.9. The summed E-state index contributed by atoms with van der Waals surface area (Å²) in [5.41, 5.74) is 27.8. The summed E-state index contributed by atoms with van der Waals surface area (Å²) >= 11 is 10.1. The number of amides is 5. The number of piperidine rings is 2. The normalized spacial score (nSPS) is 16.0. The number of nitrogens with one attached hydrogen (secondary N) is 1. The minimum Gasteiger partial charge on any atom is -0.465 e. The molecule has 692 valence electrons.